The number of aromatic nitrogens is 4. The van der Waals surface area contributed by atoms with Crippen LogP contribution in [-0.4, -0.2) is 99.9 Å². The summed E-state index contributed by atoms with van der Waals surface area (Å²) in [6.07, 6.45) is 5.39. The summed E-state index contributed by atoms with van der Waals surface area (Å²) in [5.41, 5.74) is 5.07. The standard InChI is InChI=1S/C41H50N8O8/c1-22(2)32(46-40(52)54-5)38(50)48-17-7-9-30(48)36-42-19-28(44-36)25-13-11-24(12-14-25)26-15-16-27(35-34(26)56-21-57-35)29-20-43-37(45-29)31-10-8-18-49(31)39(51)33(23(3)4)47-41(53)55-6/h11-16,19-20,22-23,30-33H,7-10,17-18,21H2,1-6H3,(H,42,44)(H,43,45)(H,46,52)(H,47,53)/t30-,31+,32-,33+/m1/s1. The van der Waals surface area contributed by atoms with Crippen molar-refractivity contribution in [1.82, 2.24) is 40.4 Å². The molecule has 3 aliphatic rings. The molecular formula is C41H50N8O8. The van der Waals surface area contributed by atoms with E-state index in [1.54, 1.807) is 22.2 Å². The summed E-state index contributed by atoms with van der Waals surface area (Å²) >= 11 is 0. The van der Waals surface area contributed by atoms with E-state index >= 15 is 0 Å². The van der Waals surface area contributed by atoms with Gasteiger partial charge in [-0.15, -0.1) is 0 Å². The lowest BCUT2D eigenvalue weighted by Gasteiger charge is -2.30. The van der Waals surface area contributed by atoms with Crippen LogP contribution in [0, 0.1) is 11.8 Å². The Morgan fingerprint density at radius 2 is 1.14 bits per heavy atom. The molecule has 2 aromatic carbocycles. The maximum atomic E-state index is 13.6. The van der Waals surface area contributed by atoms with E-state index < -0.39 is 24.3 Å². The average Bonchev–Trinajstić information content (AvgIpc) is 4.07. The van der Waals surface area contributed by atoms with Crippen LogP contribution >= 0.6 is 0 Å². The van der Waals surface area contributed by atoms with Crippen molar-refractivity contribution < 1.29 is 38.1 Å². The topological polar surface area (TPSA) is 193 Å². The Bertz CT molecular complexity index is 2110. The second-order valence-corrected chi connectivity index (χ2v) is 15.3. The first-order valence-corrected chi connectivity index (χ1v) is 19.4. The van der Waals surface area contributed by atoms with Crippen molar-refractivity contribution in [2.24, 2.45) is 11.8 Å². The molecule has 16 heteroatoms. The summed E-state index contributed by atoms with van der Waals surface area (Å²) in [6, 6.07) is 10.1. The minimum absolute atomic E-state index is 0.0708. The highest BCUT2D eigenvalue weighted by Gasteiger charge is 2.39. The normalized spacial score (nSPS) is 18.5. The van der Waals surface area contributed by atoms with Crippen LogP contribution in [0.1, 0.15) is 77.1 Å². The number of nitrogens with one attached hydrogen (secondary N) is 4. The largest absolute Gasteiger partial charge is 0.453 e. The van der Waals surface area contributed by atoms with Crippen LogP contribution in [0.25, 0.3) is 33.6 Å². The Kier molecular flexibility index (Phi) is 11.4. The SMILES string of the molecule is COC(=O)N[C@H](C(=O)N1CCC[C@H]1c1ncc(-c2ccc(-c3ccc(-c4cnc([C@H]5CCCN5C(=O)[C@H](NC(=O)OC)C(C)C)[nH]4)cc3)c3c2OCO3)[nH]1)C(C)C. The third-order valence-electron chi connectivity index (χ3n) is 11.0. The van der Waals surface area contributed by atoms with Gasteiger partial charge in [0.15, 0.2) is 11.5 Å². The lowest BCUT2D eigenvalue weighted by molar-refractivity contribution is -0.136. The highest BCUT2D eigenvalue weighted by molar-refractivity contribution is 5.87. The van der Waals surface area contributed by atoms with Crippen LogP contribution in [0.3, 0.4) is 0 Å². The number of carbonyl (C=O) groups excluding carboxylic acids is 4. The Morgan fingerprint density at radius 3 is 1.65 bits per heavy atom. The molecule has 0 bridgehead atoms. The predicted octanol–water partition coefficient (Wildman–Crippen LogP) is 5.95. The second kappa shape index (κ2) is 16.6. The number of amides is 4. The Morgan fingerprint density at radius 1 is 0.684 bits per heavy atom. The highest BCUT2D eigenvalue weighted by atomic mass is 16.7. The Labute approximate surface area is 331 Å². The fraction of sp³-hybridized carbons (Fsp3) is 0.463. The minimum Gasteiger partial charge on any atom is -0.453 e. The molecule has 4 amide bonds. The van der Waals surface area contributed by atoms with Gasteiger partial charge >= 0.3 is 12.2 Å². The maximum absolute atomic E-state index is 13.6. The van der Waals surface area contributed by atoms with Gasteiger partial charge in [-0.25, -0.2) is 19.6 Å². The smallest absolute Gasteiger partial charge is 0.407 e. The number of methoxy groups -OCH3 is 2. The third-order valence-corrected chi connectivity index (χ3v) is 11.0. The van der Waals surface area contributed by atoms with Gasteiger partial charge in [0.25, 0.3) is 0 Å². The summed E-state index contributed by atoms with van der Waals surface area (Å²) in [6.45, 7) is 8.77. The lowest BCUT2D eigenvalue weighted by Crippen LogP contribution is -2.51. The summed E-state index contributed by atoms with van der Waals surface area (Å²) in [5, 5.41) is 5.38. The van der Waals surface area contributed by atoms with Crippen LogP contribution in [0.15, 0.2) is 48.8 Å². The fourth-order valence-corrected chi connectivity index (χ4v) is 7.95. The van der Waals surface area contributed by atoms with Crippen LogP contribution < -0.4 is 20.1 Å². The molecule has 16 nitrogen and oxygen atoms in total. The number of hydrogen-bond donors (Lipinski definition) is 4. The molecule has 0 unspecified atom stereocenters. The van der Waals surface area contributed by atoms with Crippen LogP contribution in [0.4, 0.5) is 9.59 Å². The number of aromatic amines is 2. The molecule has 57 heavy (non-hydrogen) atoms. The number of fused-ring (bicyclic) bond motifs is 1. The number of nitrogens with zero attached hydrogens (tertiary/aromatic N) is 4. The monoisotopic (exact) mass is 782 g/mol. The van der Waals surface area contributed by atoms with Gasteiger partial charge in [0.05, 0.1) is 50.1 Å². The number of rotatable bonds is 11. The first-order chi connectivity index (χ1) is 27.5. The number of likely N-dealkylation sites (tertiary alicyclic amines) is 2. The molecule has 2 saturated heterocycles. The van der Waals surface area contributed by atoms with Crippen LogP contribution in [0.2, 0.25) is 0 Å². The van der Waals surface area contributed by atoms with Gasteiger partial charge in [0.2, 0.25) is 18.6 Å². The maximum Gasteiger partial charge on any atom is 0.407 e. The lowest BCUT2D eigenvalue weighted by atomic mass is 9.99. The first-order valence-electron chi connectivity index (χ1n) is 19.4. The van der Waals surface area contributed by atoms with Crippen molar-refractivity contribution in [3.05, 3.63) is 60.4 Å². The molecule has 302 valence electrons. The molecule has 0 aliphatic carbocycles. The van der Waals surface area contributed by atoms with Crippen molar-refractivity contribution in [2.75, 3.05) is 34.1 Å². The number of H-pyrrole nitrogens is 2. The van der Waals surface area contributed by atoms with Crippen molar-refractivity contribution in [2.45, 2.75) is 77.5 Å². The van der Waals surface area contributed by atoms with E-state index in [9.17, 15) is 19.2 Å². The molecule has 4 N–H and O–H groups in total. The summed E-state index contributed by atoms with van der Waals surface area (Å²) in [4.78, 5) is 71.0. The molecule has 0 radical (unpaired) electrons. The molecule has 0 spiro atoms. The number of hydrogen-bond acceptors (Lipinski definition) is 10. The predicted molar refractivity (Wildman–Crippen MR) is 209 cm³/mol. The average molecular weight is 783 g/mol. The van der Waals surface area contributed by atoms with Gasteiger partial charge in [-0.1, -0.05) is 52.0 Å². The molecule has 5 heterocycles. The van der Waals surface area contributed by atoms with Crippen LogP contribution in [-0.2, 0) is 19.1 Å². The van der Waals surface area contributed by atoms with E-state index in [4.69, 9.17) is 23.9 Å². The Hall–Kier alpha value is -6.06. The molecule has 7 rings (SSSR count). The fourth-order valence-electron chi connectivity index (χ4n) is 7.95. The first kappa shape index (κ1) is 39.2. The van der Waals surface area contributed by atoms with Gasteiger partial charge in [-0.05, 0) is 60.8 Å². The van der Waals surface area contributed by atoms with E-state index in [1.165, 1.54) is 14.2 Å². The number of alkyl carbamates (subject to hydrolysis) is 2. The summed E-state index contributed by atoms with van der Waals surface area (Å²) in [7, 11) is 2.56. The molecule has 2 fully saturated rings. The zero-order valence-corrected chi connectivity index (χ0v) is 33.1. The van der Waals surface area contributed by atoms with Crippen molar-refractivity contribution in [1.29, 1.82) is 0 Å². The zero-order valence-electron chi connectivity index (χ0n) is 33.1. The number of imidazole rings is 2. The summed E-state index contributed by atoms with van der Waals surface area (Å²) < 4.78 is 21.6. The molecule has 2 aromatic heterocycles. The highest BCUT2D eigenvalue weighted by Crippen LogP contribution is 2.48. The van der Waals surface area contributed by atoms with Gasteiger partial charge in [-0.2, -0.15) is 0 Å². The van der Waals surface area contributed by atoms with Gasteiger partial charge in [0.1, 0.15) is 23.7 Å². The quantitative estimate of drug-likeness (QED) is 0.141. The minimum atomic E-state index is -0.720. The van der Waals surface area contributed by atoms with E-state index in [2.05, 4.69) is 25.6 Å². The van der Waals surface area contributed by atoms with E-state index in [0.29, 0.717) is 36.2 Å². The zero-order chi connectivity index (χ0) is 40.4. The van der Waals surface area contributed by atoms with E-state index in [0.717, 1.165) is 59.3 Å². The van der Waals surface area contributed by atoms with Crippen LogP contribution in [0.5, 0.6) is 11.5 Å². The molecular weight excluding hydrogens is 732 g/mol. The van der Waals surface area contributed by atoms with Crippen molar-refractivity contribution in [3.8, 4) is 45.1 Å². The third kappa shape index (κ3) is 7.85. The summed E-state index contributed by atoms with van der Waals surface area (Å²) in [5.74, 6) is 2.00. The number of carbonyl (C=O) groups is 4. The van der Waals surface area contributed by atoms with Gasteiger partial charge < -0.3 is 49.3 Å². The van der Waals surface area contributed by atoms with E-state index in [-0.39, 0.29) is 42.5 Å². The van der Waals surface area contributed by atoms with Crippen molar-refractivity contribution >= 4 is 24.0 Å². The molecule has 4 aromatic rings. The van der Waals surface area contributed by atoms with Gasteiger partial charge in [0, 0.05) is 24.2 Å². The van der Waals surface area contributed by atoms with Crippen molar-refractivity contribution in [3.63, 3.8) is 0 Å². The molecule has 4 atom stereocenters. The number of ether oxygens (including phenoxy) is 4. The number of benzene rings is 2. The Balaban J connectivity index is 1.07. The van der Waals surface area contributed by atoms with E-state index in [1.807, 2.05) is 64.1 Å². The second-order valence-electron chi connectivity index (χ2n) is 15.3. The van der Waals surface area contributed by atoms with Gasteiger partial charge in [-0.3, -0.25) is 9.59 Å². The molecule has 3 aliphatic heterocycles. The molecule has 0 saturated carbocycles.